The summed E-state index contributed by atoms with van der Waals surface area (Å²) in [5.41, 5.74) is 0.735. The standard InChI is InChI=1S/C20H25NO6S/c1-19(2,3)13-20(4,5)14-6-9-16(10-7-14)27-17-11-8-15(21(22)23)12-18(17)28(24,25)26/h6-12H,13H2,1-5H3,(H,24,25,26). The van der Waals surface area contributed by atoms with Crippen molar-refractivity contribution in [3.05, 3.63) is 58.1 Å². The fraction of sp³-hybridized carbons (Fsp3) is 0.400. The van der Waals surface area contributed by atoms with Crippen LogP contribution in [0.3, 0.4) is 0 Å². The molecule has 0 amide bonds. The molecule has 2 aromatic carbocycles. The van der Waals surface area contributed by atoms with Crippen molar-refractivity contribution in [2.24, 2.45) is 5.41 Å². The maximum Gasteiger partial charge on any atom is 0.298 e. The normalized spacial score (nSPS) is 12.6. The van der Waals surface area contributed by atoms with Gasteiger partial charge in [-0.3, -0.25) is 14.7 Å². The fourth-order valence-electron chi connectivity index (χ4n) is 3.43. The summed E-state index contributed by atoms with van der Waals surface area (Å²) >= 11 is 0. The van der Waals surface area contributed by atoms with Crippen molar-refractivity contribution in [1.29, 1.82) is 0 Å². The highest BCUT2D eigenvalue weighted by atomic mass is 32.2. The summed E-state index contributed by atoms with van der Waals surface area (Å²) in [6, 6.07) is 10.2. The Kier molecular flexibility index (Phi) is 5.87. The Morgan fingerprint density at radius 1 is 1.04 bits per heavy atom. The highest BCUT2D eigenvalue weighted by molar-refractivity contribution is 7.86. The molecule has 0 atom stereocenters. The van der Waals surface area contributed by atoms with Crippen molar-refractivity contribution in [3.8, 4) is 11.5 Å². The van der Waals surface area contributed by atoms with Crippen molar-refractivity contribution in [2.75, 3.05) is 0 Å². The summed E-state index contributed by atoms with van der Waals surface area (Å²) in [4.78, 5) is 9.47. The Balaban J connectivity index is 2.33. The number of hydrogen-bond donors (Lipinski definition) is 1. The van der Waals surface area contributed by atoms with Gasteiger partial charge in [-0.25, -0.2) is 0 Å². The molecule has 0 unspecified atom stereocenters. The third-order valence-corrected chi connectivity index (χ3v) is 5.13. The van der Waals surface area contributed by atoms with Gasteiger partial charge in [0, 0.05) is 12.1 Å². The maximum absolute atomic E-state index is 11.6. The molecule has 7 nitrogen and oxygen atoms in total. The first-order valence-corrected chi connectivity index (χ1v) is 10.2. The molecule has 28 heavy (non-hydrogen) atoms. The lowest BCUT2D eigenvalue weighted by molar-refractivity contribution is -0.385. The largest absolute Gasteiger partial charge is 0.456 e. The minimum atomic E-state index is -4.69. The van der Waals surface area contributed by atoms with Crippen LogP contribution in [0.25, 0.3) is 0 Å². The van der Waals surface area contributed by atoms with Gasteiger partial charge in [-0.15, -0.1) is 0 Å². The molecule has 0 spiro atoms. The highest BCUT2D eigenvalue weighted by Gasteiger charge is 2.27. The summed E-state index contributed by atoms with van der Waals surface area (Å²) in [5, 5.41) is 10.9. The van der Waals surface area contributed by atoms with Crippen LogP contribution >= 0.6 is 0 Å². The van der Waals surface area contributed by atoms with Gasteiger partial charge in [-0.05, 0) is 41.0 Å². The molecule has 1 N–H and O–H groups in total. The van der Waals surface area contributed by atoms with E-state index in [0.717, 1.165) is 30.2 Å². The van der Waals surface area contributed by atoms with Gasteiger partial charge in [-0.1, -0.05) is 46.8 Å². The average Bonchev–Trinajstić information content (AvgIpc) is 2.52. The van der Waals surface area contributed by atoms with Crippen LogP contribution in [0.2, 0.25) is 0 Å². The predicted molar refractivity (Wildman–Crippen MR) is 107 cm³/mol. The molecular formula is C20H25NO6S. The first-order chi connectivity index (χ1) is 12.7. The van der Waals surface area contributed by atoms with Crippen LogP contribution < -0.4 is 4.74 Å². The zero-order valence-electron chi connectivity index (χ0n) is 16.6. The third-order valence-electron chi connectivity index (χ3n) is 4.25. The smallest absolute Gasteiger partial charge is 0.298 e. The molecule has 0 fully saturated rings. The van der Waals surface area contributed by atoms with Crippen molar-refractivity contribution in [2.45, 2.75) is 51.3 Å². The van der Waals surface area contributed by atoms with Crippen molar-refractivity contribution < 1.29 is 22.6 Å². The van der Waals surface area contributed by atoms with Gasteiger partial charge in [0.2, 0.25) is 0 Å². The van der Waals surface area contributed by atoms with Crippen LogP contribution in [0.15, 0.2) is 47.4 Å². The van der Waals surface area contributed by atoms with Crippen LogP contribution in [0.5, 0.6) is 11.5 Å². The van der Waals surface area contributed by atoms with Crippen LogP contribution in [0.4, 0.5) is 5.69 Å². The summed E-state index contributed by atoms with van der Waals surface area (Å²) in [6.45, 7) is 10.8. The number of ether oxygens (including phenoxy) is 1. The lowest BCUT2D eigenvalue weighted by Gasteiger charge is -2.33. The van der Waals surface area contributed by atoms with E-state index in [0.29, 0.717) is 5.75 Å². The monoisotopic (exact) mass is 407 g/mol. The van der Waals surface area contributed by atoms with Crippen LogP contribution in [-0.2, 0) is 15.5 Å². The Hall–Kier alpha value is -2.45. The first-order valence-electron chi connectivity index (χ1n) is 8.73. The van der Waals surface area contributed by atoms with Gasteiger partial charge in [0.05, 0.1) is 4.92 Å². The Morgan fingerprint density at radius 3 is 2.07 bits per heavy atom. The molecule has 0 heterocycles. The molecule has 0 aromatic heterocycles. The Bertz CT molecular complexity index is 973. The van der Waals surface area contributed by atoms with E-state index in [4.69, 9.17) is 4.74 Å². The molecular weight excluding hydrogens is 382 g/mol. The topological polar surface area (TPSA) is 107 Å². The van der Waals surface area contributed by atoms with Crippen molar-refractivity contribution in [3.63, 3.8) is 0 Å². The summed E-state index contributed by atoms with van der Waals surface area (Å²) in [6.07, 6.45) is 0.968. The number of hydrogen-bond acceptors (Lipinski definition) is 5. The average molecular weight is 407 g/mol. The fourth-order valence-corrected chi connectivity index (χ4v) is 4.06. The molecule has 8 heteroatoms. The summed E-state index contributed by atoms with van der Waals surface area (Å²) in [5.74, 6) is 0.170. The van der Waals surface area contributed by atoms with Crippen molar-refractivity contribution >= 4 is 15.8 Å². The minimum absolute atomic E-state index is 0.0657. The molecule has 152 valence electrons. The number of rotatable bonds is 6. The van der Waals surface area contributed by atoms with E-state index in [2.05, 4.69) is 34.6 Å². The molecule has 0 aliphatic heterocycles. The van der Waals surface area contributed by atoms with Crippen LogP contribution in [0.1, 0.15) is 46.6 Å². The van der Waals surface area contributed by atoms with Gasteiger partial charge in [-0.2, -0.15) is 8.42 Å². The molecule has 0 radical (unpaired) electrons. The highest BCUT2D eigenvalue weighted by Crippen LogP contribution is 2.37. The lowest BCUT2D eigenvalue weighted by atomic mass is 9.72. The number of non-ortho nitro benzene ring substituents is 1. The first kappa shape index (κ1) is 21.8. The van der Waals surface area contributed by atoms with Gasteiger partial charge in [0.1, 0.15) is 16.4 Å². The molecule has 2 rings (SSSR count). The van der Waals surface area contributed by atoms with E-state index in [1.54, 1.807) is 12.1 Å². The van der Waals surface area contributed by atoms with E-state index >= 15 is 0 Å². The van der Waals surface area contributed by atoms with Crippen LogP contribution in [-0.4, -0.2) is 17.9 Å². The van der Waals surface area contributed by atoms with E-state index in [-0.39, 0.29) is 16.6 Å². The second-order valence-electron chi connectivity index (χ2n) is 8.61. The second kappa shape index (κ2) is 7.52. The molecule has 0 bridgehead atoms. The van der Waals surface area contributed by atoms with E-state index in [1.807, 2.05) is 12.1 Å². The Labute approximate surface area is 165 Å². The van der Waals surface area contributed by atoms with E-state index in [9.17, 15) is 23.1 Å². The van der Waals surface area contributed by atoms with Crippen molar-refractivity contribution in [1.82, 2.24) is 0 Å². The zero-order valence-corrected chi connectivity index (χ0v) is 17.4. The van der Waals surface area contributed by atoms with Gasteiger partial charge >= 0.3 is 0 Å². The quantitative estimate of drug-likeness (QED) is 0.393. The number of nitrogens with zero attached hydrogens (tertiary/aromatic N) is 1. The zero-order chi connectivity index (χ0) is 21.3. The minimum Gasteiger partial charge on any atom is -0.456 e. The number of nitro benzene ring substituents is 1. The van der Waals surface area contributed by atoms with E-state index in [1.165, 1.54) is 0 Å². The number of benzene rings is 2. The Morgan fingerprint density at radius 2 is 1.61 bits per heavy atom. The predicted octanol–water partition coefficient (Wildman–Crippen LogP) is 5.35. The van der Waals surface area contributed by atoms with Crippen LogP contribution in [0, 0.1) is 15.5 Å². The lowest BCUT2D eigenvalue weighted by Crippen LogP contribution is -2.24. The third kappa shape index (κ3) is 5.53. The summed E-state index contributed by atoms with van der Waals surface area (Å²) in [7, 11) is -4.69. The molecule has 0 saturated heterocycles. The molecule has 0 saturated carbocycles. The maximum atomic E-state index is 11.6. The van der Waals surface area contributed by atoms with Gasteiger partial charge in [0.25, 0.3) is 15.8 Å². The molecule has 2 aromatic rings. The second-order valence-corrected chi connectivity index (χ2v) is 10.0. The number of nitro groups is 1. The SMILES string of the molecule is CC(C)(C)CC(C)(C)c1ccc(Oc2ccc([N+](=O)[O-])cc2S(=O)(=O)O)cc1. The molecule has 0 aliphatic rings. The van der Waals surface area contributed by atoms with Gasteiger partial charge < -0.3 is 4.74 Å². The van der Waals surface area contributed by atoms with Gasteiger partial charge in [0.15, 0.2) is 0 Å². The van der Waals surface area contributed by atoms with E-state index < -0.39 is 25.6 Å². The molecule has 0 aliphatic carbocycles. The summed E-state index contributed by atoms with van der Waals surface area (Å²) < 4.78 is 38.1.